The molecule has 0 spiro atoms. The zero-order valence-corrected chi connectivity index (χ0v) is 11.6. The van der Waals surface area contributed by atoms with Crippen molar-refractivity contribution in [2.24, 2.45) is 0 Å². The highest BCUT2D eigenvalue weighted by molar-refractivity contribution is 5.14. The van der Waals surface area contributed by atoms with Crippen LogP contribution in [0.1, 0.15) is 31.2 Å². The molecule has 1 unspecified atom stereocenters. The fourth-order valence-electron chi connectivity index (χ4n) is 2.51. The number of benzene rings is 1. The maximum Gasteiger partial charge on any atom is 0.0897 e. The van der Waals surface area contributed by atoms with Gasteiger partial charge in [-0.1, -0.05) is 43.2 Å². The van der Waals surface area contributed by atoms with Gasteiger partial charge in [-0.3, -0.25) is 0 Å². The van der Waals surface area contributed by atoms with Gasteiger partial charge in [0.1, 0.15) is 0 Å². The molecule has 106 valence electrons. The minimum Gasteiger partial charge on any atom is -0.389 e. The standard InChI is InChI=1S/C16H25NO2/c18-15(13-19-16-8-4-5-9-16)12-17-11-10-14-6-2-1-3-7-14/h1-3,6-7,15-18H,4-5,8-13H2. The molecule has 1 aromatic carbocycles. The molecule has 1 atom stereocenters. The molecule has 3 heteroatoms. The quantitative estimate of drug-likeness (QED) is 0.706. The lowest BCUT2D eigenvalue weighted by molar-refractivity contribution is -0.00530. The second kappa shape index (κ2) is 8.31. The van der Waals surface area contributed by atoms with Gasteiger partial charge >= 0.3 is 0 Å². The summed E-state index contributed by atoms with van der Waals surface area (Å²) in [4.78, 5) is 0. The molecule has 0 aliphatic heterocycles. The smallest absolute Gasteiger partial charge is 0.0897 e. The van der Waals surface area contributed by atoms with Crippen molar-refractivity contribution in [3.05, 3.63) is 35.9 Å². The van der Waals surface area contributed by atoms with Crippen molar-refractivity contribution >= 4 is 0 Å². The average Bonchev–Trinajstić information content (AvgIpc) is 2.96. The molecule has 19 heavy (non-hydrogen) atoms. The lowest BCUT2D eigenvalue weighted by Gasteiger charge is -2.16. The number of aliphatic hydroxyl groups excluding tert-OH is 1. The lowest BCUT2D eigenvalue weighted by Crippen LogP contribution is -2.32. The van der Waals surface area contributed by atoms with Gasteiger partial charge in [-0.05, 0) is 31.4 Å². The van der Waals surface area contributed by atoms with Crippen LogP contribution in [0.4, 0.5) is 0 Å². The Balaban J connectivity index is 1.50. The van der Waals surface area contributed by atoms with Crippen LogP contribution in [-0.4, -0.2) is 37.0 Å². The van der Waals surface area contributed by atoms with Gasteiger partial charge in [-0.25, -0.2) is 0 Å². The van der Waals surface area contributed by atoms with Crippen LogP contribution in [0.15, 0.2) is 30.3 Å². The molecule has 2 N–H and O–H groups in total. The van der Waals surface area contributed by atoms with Crippen LogP contribution < -0.4 is 5.32 Å². The number of nitrogens with one attached hydrogen (secondary N) is 1. The zero-order valence-electron chi connectivity index (χ0n) is 11.6. The second-order valence-corrected chi connectivity index (χ2v) is 5.33. The van der Waals surface area contributed by atoms with E-state index in [0.29, 0.717) is 19.3 Å². The molecule has 1 aliphatic carbocycles. The summed E-state index contributed by atoms with van der Waals surface area (Å²) in [6.07, 6.45) is 5.86. The van der Waals surface area contributed by atoms with Gasteiger partial charge in [0.05, 0.1) is 18.8 Å². The van der Waals surface area contributed by atoms with Gasteiger partial charge < -0.3 is 15.2 Å². The molecule has 0 radical (unpaired) electrons. The fourth-order valence-corrected chi connectivity index (χ4v) is 2.51. The van der Waals surface area contributed by atoms with E-state index in [1.165, 1.54) is 18.4 Å². The third kappa shape index (κ3) is 5.72. The summed E-state index contributed by atoms with van der Waals surface area (Å²) in [6, 6.07) is 10.4. The normalized spacial score (nSPS) is 17.7. The van der Waals surface area contributed by atoms with E-state index in [0.717, 1.165) is 25.8 Å². The molecule has 1 aromatic rings. The molecule has 0 bridgehead atoms. The predicted octanol–water partition coefficient (Wildman–Crippen LogP) is 2.14. The van der Waals surface area contributed by atoms with Crippen molar-refractivity contribution in [2.45, 2.75) is 44.3 Å². The summed E-state index contributed by atoms with van der Waals surface area (Å²) in [5.41, 5.74) is 1.33. The Hall–Kier alpha value is -0.900. The molecule has 1 fully saturated rings. The summed E-state index contributed by atoms with van der Waals surface area (Å²) in [6.45, 7) is 1.97. The van der Waals surface area contributed by atoms with Crippen LogP contribution in [0.25, 0.3) is 0 Å². The molecule has 0 heterocycles. The van der Waals surface area contributed by atoms with E-state index < -0.39 is 6.10 Å². The van der Waals surface area contributed by atoms with Gasteiger partial charge in [-0.2, -0.15) is 0 Å². The fraction of sp³-hybridized carbons (Fsp3) is 0.625. The van der Waals surface area contributed by atoms with Gasteiger partial charge in [-0.15, -0.1) is 0 Å². The second-order valence-electron chi connectivity index (χ2n) is 5.33. The van der Waals surface area contributed by atoms with E-state index in [1.54, 1.807) is 0 Å². The average molecular weight is 263 g/mol. The maximum absolute atomic E-state index is 9.82. The highest BCUT2D eigenvalue weighted by Gasteiger charge is 2.16. The predicted molar refractivity (Wildman–Crippen MR) is 77.2 cm³/mol. The van der Waals surface area contributed by atoms with Crippen molar-refractivity contribution < 1.29 is 9.84 Å². The highest BCUT2D eigenvalue weighted by atomic mass is 16.5. The number of rotatable bonds is 8. The zero-order chi connectivity index (χ0) is 13.3. The Bertz CT molecular complexity index is 336. The van der Waals surface area contributed by atoms with E-state index in [4.69, 9.17) is 4.74 Å². The minimum absolute atomic E-state index is 0.388. The summed E-state index contributed by atoms with van der Waals surface area (Å²) in [5.74, 6) is 0. The van der Waals surface area contributed by atoms with Gasteiger partial charge in [0, 0.05) is 6.54 Å². The molecule has 0 saturated heterocycles. The summed E-state index contributed by atoms with van der Waals surface area (Å²) in [5, 5.41) is 13.1. The molecule has 1 saturated carbocycles. The first-order valence-electron chi connectivity index (χ1n) is 7.39. The number of aliphatic hydroxyl groups is 1. The van der Waals surface area contributed by atoms with Crippen molar-refractivity contribution in [1.29, 1.82) is 0 Å². The van der Waals surface area contributed by atoms with E-state index in [9.17, 15) is 5.11 Å². The molecule has 2 rings (SSSR count). The third-order valence-corrected chi connectivity index (χ3v) is 3.64. The molecule has 1 aliphatic rings. The highest BCUT2D eigenvalue weighted by Crippen LogP contribution is 2.20. The van der Waals surface area contributed by atoms with Gasteiger partial charge in [0.15, 0.2) is 0 Å². The van der Waals surface area contributed by atoms with Crippen LogP contribution >= 0.6 is 0 Å². The molecule has 3 nitrogen and oxygen atoms in total. The van der Waals surface area contributed by atoms with E-state index in [1.807, 2.05) is 6.07 Å². The minimum atomic E-state index is -0.392. The maximum atomic E-state index is 9.82. The van der Waals surface area contributed by atoms with Crippen LogP contribution in [-0.2, 0) is 11.2 Å². The Morgan fingerprint density at radius 1 is 1.21 bits per heavy atom. The molecule has 0 amide bonds. The van der Waals surface area contributed by atoms with Crippen LogP contribution in [0, 0.1) is 0 Å². The van der Waals surface area contributed by atoms with Crippen LogP contribution in [0.3, 0.4) is 0 Å². The largest absolute Gasteiger partial charge is 0.389 e. The lowest BCUT2D eigenvalue weighted by atomic mass is 10.1. The molecule has 0 aromatic heterocycles. The number of hydrogen-bond acceptors (Lipinski definition) is 3. The Morgan fingerprint density at radius 2 is 1.95 bits per heavy atom. The van der Waals surface area contributed by atoms with E-state index in [2.05, 4.69) is 29.6 Å². The van der Waals surface area contributed by atoms with Gasteiger partial charge in [0.2, 0.25) is 0 Å². The topological polar surface area (TPSA) is 41.5 Å². The Kier molecular flexibility index (Phi) is 6.34. The molecular weight excluding hydrogens is 238 g/mol. The van der Waals surface area contributed by atoms with Crippen molar-refractivity contribution in [2.75, 3.05) is 19.7 Å². The van der Waals surface area contributed by atoms with Crippen molar-refractivity contribution in [3.8, 4) is 0 Å². The SMILES string of the molecule is OC(CNCCc1ccccc1)COC1CCCC1. The van der Waals surface area contributed by atoms with E-state index >= 15 is 0 Å². The number of hydrogen-bond donors (Lipinski definition) is 2. The van der Waals surface area contributed by atoms with Crippen LogP contribution in [0.2, 0.25) is 0 Å². The first-order valence-corrected chi connectivity index (χ1v) is 7.39. The summed E-state index contributed by atoms with van der Waals surface area (Å²) in [7, 11) is 0. The summed E-state index contributed by atoms with van der Waals surface area (Å²) >= 11 is 0. The first-order chi connectivity index (χ1) is 9.34. The van der Waals surface area contributed by atoms with Gasteiger partial charge in [0.25, 0.3) is 0 Å². The Labute approximate surface area is 116 Å². The number of ether oxygens (including phenoxy) is 1. The van der Waals surface area contributed by atoms with Crippen molar-refractivity contribution in [1.82, 2.24) is 5.32 Å². The monoisotopic (exact) mass is 263 g/mol. The molecular formula is C16H25NO2. The third-order valence-electron chi connectivity index (χ3n) is 3.64. The first kappa shape index (κ1) is 14.5. The van der Waals surface area contributed by atoms with Crippen LogP contribution in [0.5, 0.6) is 0 Å². The summed E-state index contributed by atoms with van der Waals surface area (Å²) < 4.78 is 5.69. The Morgan fingerprint density at radius 3 is 2.68 bits per heavy atom. The van der Waals surface area contributed by atoms with Crippen molar-refractivity contribution in [3.63, 3.8) is 0 Å². The van der Waals surface area contributed by atoms with E-state index in [-0.39, 0.29) is 0 Å².